The number of nitrogen functional groups attached to an aromatic ring is 1. The molecule has 0 aliphatic carbocycles. The first-order valence-electron chi connectivity index (χ1n) is 6.09. The molecule has 0 aliphatic rings. The van der Waals surface area contributed by atoms with Crippen LogP contribution in [0.2, 0.25) is 5.15 Å². The lowest BCUT2D eigenvalue weighted by Crippen LogP contribution is -2.04. The van der Waals surface area contributed by atoms with E-state index in [1.165, 1.54) is 0 Å². The third kappa shape index (κ3) is 2.50. The van der Waals surface area contributed by atoms with Gasteiger partial charge in [-0.3, -0.25) is 0 Å². The molecule has 0 amide bonds. The quantitative estimate of drug-likeness (QED) is 0.723. The van der Waals surface area contributed by atoms with E-state index in [1.807, 2.05) is 35.7 Å². The Morgan fingerprint density at radius 1 is 1.30 bits per heavy atom. The van der Waals surface area contributed by atoms with E-state index in [2.05, 4.69) is 20.3 Å². The number of nitrogens with one attached hydrogen (secondary N) is 1. The third-order valence-electron chi connectivity index (χ3n) is 2.91. The van der Waals surface area contributed by atoms with Crippen molar-refractivity contribution in [3.05, 3.63) is 47.0 Å². The van der Waals surface area contributed by atoms with Crippen LogP contribution in [0.5, 0.6) is 0 Å². The van der Waals surface area contributed by atoms with Crippen molar-refractivity contribution in [3.63, 3.8) is 0 Å². The van der Waals surface area contributed by atoms with Gasteiger partial charge in [0.25, 0.3) is 0 Å². The van der Waals surface area contributed by atoms with Gasteiger partial charge in [-0.15, -0.1) is 0 Å². The maximum Gasteiger partial charge on any atom is 0.223 e. The molecule has 0 unspecified atom stereocenters. The lowest BCUT2D eigenvalue weighted by molar-refractivity contribution is 1.04. The van der Waals surface area contributed by atoms with E-state index in [1.54, 1.807) is 6.07 Å². The molecule has 3 N–H and O–H groups in total. The van der Waals surface area contributed by atoms with Crippen molar-refractivity contribution >= 4 is 29.0 Å². The molecule has 0 saturated heterocycles. The fourth-order valence-electron chi connectivity index (χ4n) is 1.99. The molecule has 3 heterocycles. The van der Waals surface area contributed by atoms with Crippen LogP contribution in [-0.2, 0) is 6.54 Å². The van der Waals surface area contributed by atoms with Crippen LogP contribution in [0.15, 0.2) is 30.5 Å². The predicted octanol–water partition coefficient (Wildman–Crippen LogP) is 2.28. The average molecular weight is 289 g/mol. The molecule has 102 valence electrons. The highest BCUT2D eigenvalue weighted by atomic mass is 35.5. The number of nitrogens with zero attached hydrogens (tertiary/aromatic N) is 4. The summed E-state index contributed by atoms with van der Waals surface area (Å²) < 4.78 is 2.04. The van der Waals surface area contributed by atoms with Gasteiger partial charge >= 0.3 is 0 Å². The van der Waals surface area contributed by atoms with Gasteiger partial charge in [-0.2, -0.15) is 4.98 Å². The van der Waals surface area contributed by atoms with Gasteiger partial charge in [0, 0.05) is 18.0 Å². The minimum Gasteiger partial charge on any atom is -0.368 e. The minimum absolute atomic E-state index is 0.144. The summed E-state index contributed by atoms with van der Waals surface area (Å²) in [6, 6.07) is 7.62. The van der Waals surface area contributed by atoms with E-state index in [9.17, 15) is 0 Å². The summed E-state index contributed by atoms with van der Waals surface area (Å²) in [4.78, 5) is 12.4. The topological polar surface area (TPSA) is 81.1 Å². The van der Waals surface area contributed by atoms with Gasteiger partial charge in [-0.25, -0.2) is 9.97 Å². The van der Waals surface area contributed by atoms with Crippen molar-refractivity contribution in [2.45, 2.75) is 13.5 Å². The second-order valence-electron chi connectivity index (χ2n) is 4.42. The highest BCUT2D eigenvalue weighted by Crippen LogP contribution is 2.14. The summed E-state index contributed by atoms with van der Waals surface area (Å²) in [5.41, 5.74) is 8.51. The molecule has 6 nitrogen and oxygen atoms in total. The van der Waals surface area contributed by atoms with E-state index in [4.69, 9.17) is 17.3 Å². The Labute approximate surface area is 120 Å². The molecule has 3 aromatic rings. The predicted molar refractivity (Wildman–Crippen MR) is 78.7 cm³/mol. The average Bonchev–Trinajstić information content (AvgIpc) is 2.80. The summed E-state index contributed by atoms with van der Waals surface area (Å²) in [6.45, 7) is 2.57. The van der Waals surface area contributed by atoms with Crippen LogP contribution in [0, 0.1) is 6.92 Å². The monoisotopic (exact) mass is 288 g/mol. The number of aromatic nitrogens is 4. The molecule has 0 spiro atoms. The number of nitrogens with two attached hydrogens (primary N) is 1. The van der Waals surface area contributed by atoms with Gasteiger partial charge in [-0.05, 0) is 19.1 Å². The molecule has 0 aliphatic heterocycles. The van der Waals surface area contributed by atoms with Crippen molar-refractivity contribution in [3.8, 4) is 0 Å². The molecular weight excluding hydrogens is 276 g/mol. The summed E-state index contributed by atoms with van der Waals surface area (Å²) in [6.07, 6.45) is 1.99. The van der Waals surface area contributed by atoms with E-state index < -0.39 is 0 Å². The fraction of sp³-hybridized carbons (Fsp3) is 0.154. The van der Waals surface area contributed by atoms with E-state index in [0.717, 1.165) is 17.0 Å². The van der Waals surface area contributed by atoms with Crippen LogP contribution in [0.1, 0.15) is 11.4 Å². The molecule has 3 rings (SSSR count). The molecule has 7 heteroatoms. The zero-order valence-electron chi connectivity index (χ0n) is 10.8. The first kappa shape index (κ1) is 12.7. The zero-order chi connectivity index (χ0) is 14.1. The van der Waals surface area contributed by atoms with Crippen LogP contribution < -0.4 is 11.1 Å². The van der Waals surface area contributed by atoms with Gasteiger partial charge in [0.2, 0.25) is 5.95 Å². The lowest BCUT2D eigenvalue weighted by atomic mass is 10.4. The van der Waals surface area contributed by atoms with Gasteiger partial charge in [0.1, 0.15) is 16.6 Å². The van der Waals surface area contributed by atoms with Crippen LogP contribution in [0.4, 0.5) is 11.8 Å². The van der Waals surface area contributed by atoms with Gasteiger partial charge < -0.3 is 15.5 Å². The van der Waals surface area contributed by atoms with Gasteiger partial charge in [0.05, 0.1) is 12.2 Å². The van der Waals surface area contributed by atoms with Crippen molar-refractivity contribution in [1.82, 2.24) is 19.4 Å². The molecule has 3 aromatic heterocycles. The summed E-state index contributed by atoms with van der Waals surface area (Å²) in [5.74, 6) is 0.724. The van der Waals surface area contributed by atoms with Crippen LogP contribution in [-0.4, -0.2) is 19.4 Å². The van der Waals surface area contributed by atoms with Gasteiger partial charge in [-0.1, -0.05) is 17.7 Å². The van der Waals surface area contributed by atoms with Gasteiger partial charge in [0.15, 0.2) is 0 Å². The highest BCUT2D eigenvalue weighted by molar-refractivity contribution is 6.29. The number of hydrogen-bond donors (Lipinski definition) is 2. The molecule has 0 fully saturated rings. The first-order chi connectivity index (χ1) is 9.61. The second kappa shape index (κ2) is 4.97. The summed E-state index contributed by atoms with van der Waals surface area (Å²) in [7, 11) is 0. The minimum atomic E-state index is 0.144. The SMILES string of the molecule is Cc1cccc2nc(CNc3cc(Cl)nc(N)n3)cn12. The molecule has 0 atom stereocenters. The Balaban J connectivity index is 1.81. The number of anilines is 2. The van der Waals surface area contributed by atoms with E-state index >= 15 is 0 Å². The molecule has 0 aromatic carbocycles. The normalized spacial score (nSPS) is 10.9. The number of aryl methyl sites for hydroxylation is 1. The Bertz CT molecular complexity index is 746. The number of hydrogen-bond acceptors (Lipinski definition) is 5. The first-order valence-corrected chi connectivity index (χ1v) is 6.47. The lowest BCUT2D eigenvalue weighted by Gasteiger charge is -2.04. The standard InChI is InChI=1S/C13H13ClN6/c1-8-3-2-4-12-17-9(7-20(8)12)6-16-11-5-10(14)18-13(15)19-11/h2-5,7H,6H2,1H3,(H3,15,16,18,19). The third-order valence-corrected chi connectivity index (χ3v) is 3.10. The number of halogens is 1. The van der Waals surface area contributed by atoms with Crippen LogP contribution >= 0.6 is 11.6 Å². The van der Waals surface area contributed by atoms with Crippen molar-refractivity contribution in [2.24, 2.45) is 0 Å². The highest BCUT2D eigenvalue weighted by Gasteiger charge is 2.04. The van der Waals surface area contributed by atoms with E-state index in [-0.39, 0.29) is 5.95 Å². The smallest absolute Gasteiger partial charge is 0.223 e. The Morgan fingerprint density at radius 3 is 2.90 bits per heavy atom. The second-order valence-corrected chi connectivity index (χ2v) is 4.80. The Hall–Kier alpha value is -2.34. The number of pyridine rings is 1. The Morgan fingerprint density at radius 2 is 2.15 bits per heavy atom. The number of rotatable bonds is 3. The maximum absolute atomic E-state index is 5.83. The van der Waals surface area contributed by atoms with Crippen LogP contribution in [0.25, 0.3) is 5.65 Å². The molecule has 0 bridgehead atoms. The number of fused-ring (bicyclic) bond motifs is 1. The zero-order valence-corrected chi connectivity index (χ0v) is 11.6. The van der Waals surface area contributed by atoms with Crippen molar-refractivity contribution < 1.29 is 0 Å². The molecule has 20 heavy (non-hydrogen) atoms. The maximum atomic E-state index is 5.83. The summed E-state index contributed by atoms with van der Waals surface area (Å²) >= 11 is 5.83. The fourth-order valence-corrected chi connectivity index (χ4v) is 2.18. The largest absolute Gasteiger partial charge is 0.368 e. The van der Waals surface area contributed by atoms with Crippen LogP contribution in [0.3, 0.4) is 0 Å². The van der Waals surface area contributed by atoms with E-state index in [0.29, 0.717) is 17.5 Å². The molecule has 0 saturated carbocycles. The Kier molecular flexibility index (Phi) is 3.15. The number of imidazole rings is 1. The van der Waals surface area contributed by atoms with Crippen molar-refractivity contribution in [2.75, 3.05) is 11.1 Å². The molecular formula is C13H13ClN6. The van der Waals surface area contributed by atoms with Crippen molar-refractivity contribution in [1.29, 1.82) is 0 Å². The molecule has 0 radical (unpaired) electrons. The summed E-state index contributed by atoms with van der Waals surface area (Å²) in [5, 5.41) is 3.44.